The molecule has 168 valence electrons. The third-order valence-corrected chi connectivity index (χ3v) is 5.89. The van der Waals surface area contributed by atoms with E-state index >= 15 is 0 Å². The summed E-state index contributed by atoms with van der Waals surface area (Å²) in [5, 5.41) is 20.3. The molecule has 0 radical (unpaired) electrons. The Balaban J connectivity index is 1.42. The quantitative estimate of drug-likeness (QED) is 0.302. The summed E-state index contributed by atoms with van der Waals surface area (Å²) in [5.41, 5.74) is 7.57. The highest BCUT2D eigenvalue weighted by Gasteiger charge is 2.24. The fourth-order valence-electron chi connectivity index (χ4n) is 3.62. The molecule has 1 aliphatic heterocycles. The largest absolute Gasteiger partial charge is 0.399 e. The molecule has 9 heteroatoms. The summed E-state index contributed by atoms with van der Waals surface area (Å²) in [7, 11) is 0. The molecule has 1 amide bonds. The van der Waals surface area contributed by atoms with Crippen LogP contribution >= 0.6 is 23.2 Å². The highest BCUT2D eigenvalue weighted by Crippen LogP contribution is 2.33. The molecule has 7 nitrogen and oxygen atoms in total. The lowest BCUT2D eigenvalue weighted by atomic mass is 10.0. The minimum atomic E-state index is -0.646. The van der Waals surface area contributed by atoms with Crippen LogP contribution in [-0.4, -0.2) is 53.9 Å². The first-order chi connectivity index (χ1) is 14.8. The molecule has 1 saturated heterocycles. The number of nitrogens with one attached hydrogen (secondary N) is 3. The number of aliphatic hydroxyl groups excluding tert-OH is 1. The number of para-hydroxylation sites is 1. The second-order valence-electron chi connectivity index (χ2n) is 7.84. The smallest absolute Gasteiger partial charge is 0.242 e. The summed E-state index contributed by atoms with van der Waals surface area (Å²) in [6.45, 7) is 3.90. The Kier molecular flexibility index (Phi) is 8.26. The fourth-order valence-corrected chi connectivity index (χ4v) is 4.23. The Morgan fingerprint density at radius 3 is 2.39 bits per heavy atom. The van der Waals surface area contributed by atoms with Crippen LogP contribution in [0.25, 0.3) is 0 Å². The van der Waals surface area contributed by atoms with Gasteiger partial charge in [0.25, 0.3) is 0 Å². The van der Waals surface area contributed by atoms with E-state index in [0.717, 1.165) is 31.6 Å². The maximum Gasteiger partial charge on any atom is 0.242 e. The highest BCUT2D eigenvalue weighted by atomic mass is 35.5. The predicted molar refractivity (Wildman–Crippen MR) is 128 cm³/mol. The van der Waals surface area contributed by atoms with Gasteiger partial charge in [-0.1, -0.05) is 41.4 Å². The Bertz CT molecular complexity index is 852. The van der Waals surface area contributed by atoms with Gasteiger partial charge in [-0.05, 0) is 44.0 Å². The number of hydrogen-bond donors (Lipinski definition) is 5. The third kappa shape index (κ3) is 6.90. The van der Waals surface area contributed by atoms with Gasteiger partial charge in [0.05, 0.1) is 15.7 Å². The monoisotopic (exact) mass is 465 g/mol. The van der Waals surface area contributed by atoms with E-state index in [2.05, 4.69) is 20.9 Å². The molecule has 2 atom stereocenters. The van der Waals surface area contributed by atoms with Crippen molar-refractivity contribution < 1.29 is 9.90 Å². The number of aliphatic hydroxyl groups is 1. The molecule has 2 aromatic carbocycles. The van der Waals surface area contributed by atoms with Crippen LogP contribution in [0.2, 0.25) is 10.0 Å². The van der Waals surface area contributed by atoms with E-state index in [1.54, 1.807) is 19.1 Å². The summed E-state index contributed by atoms with van der Waals surface area (Å²) in [5.74, 6) is -0.117. The average molecular weight is 466 g/mol. The summed E-state index contributed by atoms with van der Waals surface area (Å²) in [4.78, 5) is 14.8. The molecule has 0 bridgehead atoms. The predicted octanol–water partition coefficient (Wildman–Crippen LogP) is 3.39. The van der Waals surface area contributed by atoms with Crippen molar-refractivity contribution in [3.05, 3.63) is 52.5 Å². The molecule has 2 unspecified atom stereocenters. The van der Waals surface area contributed by atoms with Crippen molar-refractivity contribution in [2.24, 2.45) is 0 Å². The lowest BCUT2D eigenvalue weighted by Crippen LogP contribution is -2.50. The lowest BCUT2D eigenvalue weighted by molar-refractivity contribution is -0.122. The van der Waals surface area contributed by atoms with Crippen LogP contribution < -0.4 is 21.7 Å². The van der Waals surface area contributed by atoms with Gasteiger partial charge in [0.2, 0.25) is 5.91 Å². The molecule has 2 aromatic rings. The van der Waals surface area contributed by atoms with Gasteiger partial charge in [-0.15, -0.1) is 0 Å². The maximum absolute atomic E-state index is 12.6. The van der Waals surface area contributed by atoms with Gasteiger partial charge in [0, 0.05) is 37.1 Å². The maximum atomic E-state index is 12.6. The second-order valence-corrected chi connectivity index (χ2v) is 8.65. The first-order valence-electron chi connectivity index (χ1n) is 10.3. The summed E-state index contributed by atoms with van der Waals surface area (Å²) in [6, 6.07) is 12.4. The van der Waals surface area contributed by atoms with Gasteiger partial charge in [0.15, 0.2) is 0 Å². The molecule has 0 spiro atoms. The SMILES string of the molecule is CC(Nc1c(Cl)cc(N)cc1Cl)C(=O)NC1CCN(CC(O)Nc2ccccc2)CC1. The van der Waals surface area contributed by atoms with Crippen LogP contribution in [0.3, 0.4) is 0 Å². The number of hydrogen-bond acceptors (Lipinski definition) is 6. The zero-order valence-corrected chi connectivity index (χ0v) is 19.0. The summed E-state index contributed by atoms with van der Waals surface area (Å²) < 4.78 is 0. The first kappa shape index (κ1) is 23.5. The van der Waals surface area contributed by atoms with E-state index in [4.69, 9.17) is 28.9 Å². The summed E-state index contributed by atoms with van der Waals surface area (Å²) >= 11 is 12.4. The Hall–Kier alpha value is -2.19. The number of carbonyl (C=O) groups is 1. The number of nitrogens with two attached hydrogens (primary N) is 1. The van der Waals surface area contributed by atoms with Gasteiger partial charge in [-0.3, -0.25) is 9.69 Å². The molecule has 0 aromatic heterocycles. The van der Waals surface area contributed by atoms with Gasteiger partial charge in [0.1, 0.15) is 12.3 Å². The normalized spacial score (nSPS) is 17.0. The number of nitrogens with zero attached hydrogens (tertiary/aromatic N) is 1. The number of β-amino-alcohol motifs (C(OH)–C–C–N with tert-alkyl or cyclic N) is 1. The van der Waals surface area contributed by atoms with Gasteiger partial charge in [-0.2, -0.15) is 0 Å². The van der Waals surface area contributed by atoms with Crippen LogP contribution in [0, 0.1) is 0 Å². The van der Waals surface area contributed by atoms with Crippen molar-refractivity contribution >= 4 is 46.2 Å². The number of carbonyl (C=O) groups excluding carboxylic acids is 1. The number of nitrogen functional groups attached to an aromatic ring is 1. The van der Waals surface area contributed by atoms with Crippen LogP contribution in [0.15, 0.2) is 42.5 Å². The van der Waals surface area contributed by atoms with Gasteiger partial charge < -0.3 is 26.8 Å². The van der Waals surface area contributed by atoms with Gasteiger partial charge >= 0.3 is 0 Å². The van der Waals surface area contributed by atoms with Crippen LogP contribution in [0.1, 0.15) is 19.8 Å². The Morgan fingerprint density at radius 2 is 1.77 bits per heavy atom. The van der Waals surface area contributed by atoms with Crippen LogP contribution in [-0.2, 0) is 4.79 Å². The average Bonchev–Trinajstić information content (AvgIpc) is 2.72. The lowest BCUT2D eigenvalue weighted by Gasteiger charge is -2.34. The topological polar surface area (TPSA) is 103 Å². The van der Waals surface area contributed by atoms with Crippen molar-refractivity contribution in [3.63, 3.8) is 0 Å². The number of anilines is 3. The van der Waals surface area contributed by atoms with Crippen LogP contribution in [0.5, 0.6) is 0 Å². The highest BCUT2D eigenvalue weighted by molar-refractivity contribution is 6.39. The zero-order valence-electron chi connectivity index (χ0n) is 17.4. The molecule has 1 aliphatic rings. The molecule has 1 fully saturated rings. The zero-order chi connectivity index (χ0) is 22.4. The van der Waals surface area contributed by atoms with Crippen molar-refractivity contribution in [3.8, 4) is 0 Å². The number of benzene rings is 2. The van der Waals surface area contributed by atoms with E-state index in [-0.39, 0.29) is 11.9 Å². The van der Waals surface area contributed by atoms with Crippen molar-refractivity contribution in [2.45, 2.75) is 38.1 Å². The number of likely N-dealkylation sites (tertiary alicyclic amines) is 1. The molecule has 0 aliphatic carbocycles. The Morgan fingerprint density at radius 1 is 1.16 bits per heavy atom. The van der Waals surface area contributed by atoms with E-state index < -0.39 is 12.3 Å². The van der Waals surface area contributed by atoms with E-state index in [1.165, 1.54) is 0 Å². The number of halogens is 2. The minimum Gasteiger partial charge on any atom is -0.399 e. The number of piperidine rings is 1. The molecule has 31 heavy (non-hydrogen) atoms. The molecular weight excluding hydrogens is 437 g/mol. The second kappa shape index (κ2) is 10.9. The van der Waals surface area contributed by atoms with Crippen molar-refractivity contribution in [1.29, 1.82) is 0 Å². The molecule has 3 rings (SSSR count). The van der Waals surface area contributed by atoms with Crippen molar-refractivity contribution in [2.75, 3.05) is 36.0 Å². The van der Waals surface area contributed by atoms with E-state index in [0.29, 0.717) is 28.0 Å². The first-order valence-corrected chi connectivity index (χ1v) is 11.1. The van der Waals surface area contributed by atoms with E-state index in [1.807, 2.05) is 30.3 Å². The summed E-state index contributed by atoms with van der Waals surface area (Å²) in [6.07, 6.45) is 0.993. The van der Waals surface area contributed by atoms with Crippen molar-refractivity contribution in [1.82, 2.24) is 10.2 Å². The van der Waals surface area contributed by atoms with E-state index in [9.17, 15) is 9.90 Å². The molecule has 6 N–H and O–H groups in total. The fraction of sp³-hybridized carbons (Fsp3) is 0.409. The number of rotatable bonds is 8. The minimum absolute atomic E-state index is 0.0876. The van der Waals surface area contributed by atoms with Gasteiger partial charge in [-0.25, -0.2) is 0 Å². The Labute approximate surface area is 192 Å². The molecule has 0 saturated carbocycles. The number of amides is 1. The third-order valence-electron chi connectivity index (χ3n) is 5.29. The molecular formula is C22H29Cl2N5O2. The standard InChI is InChI=1S/C22H29Cl2N5O2/c1-14(26-21-18(23)11-15(25)12-19(21)24)22(31)28-17-7-9-29(10-8-17)13-20(30)27-16-5-3-2-4-6-16/h2-6,11-12,14,17,20,26-27,30H,7-10,13,25H2,1H3,(H,28,31). The molecule has 1 heterocycles. The van der Waals surface area contributed by atoms with Crippen LogP contribution in [0.4, 0.5) is 17.1 Å².